The van der Waals surface area contributed by atoms with Gasteiger partial charge in [0.25, 0.3) is 0 Å². The number of ether oxygens (including phenoxy) is 2. The topological polar surface area (TPSA) is 78.7 Å². The van der Waals surface area contributed by atoms with Crippen molar-refractivity contribution < 1.29 is 9.47 Å². The molecule has 0 heterocycles. The number of nitriles is 1. The maximum Gasteiger partial charge on any atom is 0.191 e. The lowest BCUT2D eigenvalue weighted by Gasteiger charge is -2.13. The average Bonchev–Trinajstić information content (AvgIpc) is 2.74. The third-order valence-corrected chi connectivity index (χ3v) is 4.20. The van der Waals surface area contributed by atoms with E-state index in [-0.39, 0.29) is 24.0 Å². The Morgan fingerprint density at radius 3 is 2.62 bits per heavy atom. The molecule has 0 saturated carbocycles. The molecule has 2 rings (SSSR count). The van der Waals surface area contributed by atoms with Crippen molar-refractivity contribution in [2.75, 3.05) is 27.3 Å². The Hall–Kier alpha value is -2.47. The van der Waals surface area contributed by atoms with Gasteiger partial charge in [0.15, 0.2) is 17.5 Å². The van der Waals surface area contributed by atoms with Gasteiger partial charge in [-0.25, -0.2) is 0 Å². The van der Waals surface area contributed by atoms with Gasteiger partial charge in [0.1, 0.15) is 0 Å². The Morgan fingerprint density at radius 1 is 1.10 bits per heavy atom. The summed E-state index contributed by atoms with van der Waals surface area (Å²) in [6, 6.07) is 15.8. The molecule has 2 aromatic carbocycles. The van der Waals surface area contributed by atoms with Gasteiger partial charge in [-0.3, -0.25) is 4.99 Å². The van der Waals surface area contributed by atoms with Crippen LogP contribution in [-0.4, -0.2) is 33.3 Å². The second-order valence-corrected chi connectivity index (χ2v) is 6.19. The van der Waals surface area contributed by atoms with Crippen molar-refractivity contribution in [3.63, 3.8) is 0 Å². The number of halogens is 1. The van der Waals surface area contributed by atoms with Crippen LogP contribution < -0.4 is 20.1 Å². The smallest absolute Gasteiger partial charge is 0.191 e. The highest BCUT2D eigenvalue weighted by Gasteiger charge is 2.05. The fraction of sp³-hybridized carbons (Fsp3) is 0.364. The van der Waals surface area contributed by atoms with Gasteiger partial charge in [-0.15, -0.1) is 24.0 Å². The normalized spacial score (nSPS) is 10.5. The van der Waals surface area contributed by atoms with Crippen molar-refractivity contribution >= 4 is 29.9 Å². The number of nitrogens with one attached hydrogen (secondary N) is 2. The van der Waals surface area contributed by atoms with E-state index >= 15 is 0 Å². The molecule has 2 aromatic rings. The van der Waals surface area contributed by atoms with E-state index < -0.39 is 0 Å². The van der Waals surface area contributed by atoms with Crippen LogP contribution in [-0.2, 0) is 13.0 Å². The second-order valence-electron chi connectivity index (χ2n) is 6.19. The van der Waals surface area contributed by atoms with E-state index in [1.54, 1.807) is 20.2 Å². The molecule has 29 heavy (non-hydrogen) atoms. The molecule has 0 aliphatic heterocycles. The number of aliphatic imine (C=N–C) groups is 1. The highest BCUT2D eigenvalue weighted by molar-refractivity contribution is 14.0. The first-order valence-corrected chi connectivity index (χ1v) is 9.43. The van der Waals surface area contributed by atoms with Crippen molar-refractivity contribution in [3.05, 3.63) is 59.2 Å². The second kappa shape index (κ2) is 13.7. The van der Waals surface area contributed by atoms with Crippen molar-refractivity contribution in [3.8, 4) is 17.6 Å². The van der Waals surface area contributed by atoms with Gasteiger partial charge in [-0.1, -0.05) is 18.2 Å². The molecule has 0 saturated heterocycles. The summed E-state index contributed by atoms with van der Waals surface area (Å²) in [5.41, 5.74) is 2.92. The average molecular weight is 508 g/mol. The zero-order chi connectivity index (χ0) is 20.2. The highest BCUT2D eigenvalue weighted by Crippen LogP contribution is 2.28. The molecule has 0 fully saturated rings. The van der Waals surface area contributed by atoms with Crippen LogP contribution >= 0.6 is 24.0 Å². The molecule has 0 aromatic heterocycles. The maximum absolute atomic E-state index is 8.98. The Kier molecular flexibility index (Phi) is 11.6. The lowest BCUT2D eigenvalue weighted by atomic mass is 10.1. The molecular formula is C22H29IN4O2. The van der Waals surface area contributed by atoms with Gasteiger partial charge in [0, 0.05) is 20.1 Å². The van der Waals surface area contributed by atoms with E-state index in [0.717, 1.165) is 42.4 Å². The van der Waals surface area contributed by atoms with Gasteiger partial charge < -0.3 is 20.1 Å². The first-order valence-electron chi connectivity index (χ1n) is 9.43. The van der Waals surface area contributed by atoms with Crippen LogP contribution in [0.15, 0.2) is 47.5 Å². The van der Waals surface area contributed by atoms with E-state index in [0.29, 0.717) is 18.7 Å². The van der Waals surface area contributed by atoms with Gasteiger partial charge in [-0.2, -0.15) is 5.26 Å². The first kappa shape index (κ1) is 24.6. The van der Waals surface area contributed by atoms with Crippen LogP contribution in [0.1, 0.15) is 30.0 Å². The number of rotatable bonds is 9. The van der Waals surface area contributed by atoms with E-state index in [2.05, 4.69) is 27.8 Å². The SMILES string of the molecule is CCOc1cc(CCCNC(=NC)NCc2cccc(C#N)c2)ccc1OC.I. The van der Waals surface area contributed by atoms with Crippen LogP contribution in [0, 0.1) is 11.3 Å². The molecule has 0 amide bonds. The van der Waals surface area contributed by atoms with Crippen molar-refractivity contribution in [2.24, 2.45) is 4.99 Å². The summed E-state index contributed by atoms with van der Waals surface area (Å²) in [4.78, 5) is 4.24. The van der Waals surface area contributed by atoms with Crippen LogP contribution in [0.3, 0.4) is 0 Å². The number of nitrogens with zero attached hydrogens (tertiary/aromatic N) is 2. The van der Waals surface area contributed by atoms with Crippen molar-refractivity contribution in [2.45, 2.75) is 26.3 Å². The summed E-state index contributed by atoms with van der Waals surface area (Å²) in [5, 5.41) is 15.6. The molecule has 0 radical (unpaired) electrons. The molecule has 0 atom stereocenters. The molecule has 7 heteroatoms. The van der Waals surface area contributed by atoms with Crippen molar-refractivity contribution in [1.29, 1.82) is 5.26 Å². The zero-order valence-electron chi connectivity index (χ0n) is 17.2. The van der Waals surface area contributed by atoms with E-state index in [9.17, 15) is 0 Å². The molecule has 0 aliphatic rings. The fourth-order valence-electron chi connectivity index (χ4n) is 2.80. The van der Waals surface area contributed by atoms with Gasteiger partial charge in [-0.05, 0) is 55.2 Å². The summed E-state index contributed by atoms with van der Waals surface area (Å²) >= 11 is 0. The summed E-state index contributed by atoms with van der Waals surface area (Å²) < 4.78 is 11.0. The molecule has 0 aliphatic carbocycles. The van der Waals surface area contributed by atoms with E-state index in [1.165, 1.54) is 5.56 Å². The van der Waals surface area contributed by atoms with Crippen LogP contribution in [0.25, 0.3) is 0 Å². The van der Waals surface area contributed by atoms with Crippen molar-refractivity contribution in [1.82, 2.24) is 10.6 Å². The van der Waals surface area contributed by atoms with Gasteiger partial charge >= 0.3 is 0 Å². The minimum Gasteiger partial charge on any atom is -0.493 e. The first-order chi connectivity index (χ1) is 13.7. The number of aryl methyl sites for hydroxylation is 1. The Bertz CT molecular complexity index is 834. The minimum atomic E-state index is 0. The van der Waals surface area contributed by atoms with Crippen LogP contribution in [0.2, 0.25) is 0 Å². The highest BCUT2D eigenvalue weighted by atomic mass is 127. The lowest BCUT2D eigenvalue weighted by molar-refractivity contribution is 0.310. The Labute approximate surface area is 190 Å². The largest absolute Gasteiger partial charge is 0.493 e. The molecule has 6 nitrogen and oxygen atoms in total. The minimum absolute atomic E-state index is 0. The predicted octanol–water partition coefficient (Wildman–Crippen LogP) is 3.88. The third-order valence-electron chi connectivity index (χ3n) is 4.20. The van der Waals surface area contributed by atoms with Crippen LogP contribution in [0.4, 0.5) is 0 Å². The number of hydrogen-bond donors (Lipinski definition) is 2. The molecule has 156 valence electrons. The number of hydrogen-bond acceptors (Lipinski definition) is 4. The third kappa shape index (κ3) is 8.20. The summed E-state index contributed by atoms with van der Waals surface area (Å²) in [5.74, 6) is 2.29. The summed E-state index contributed by atoms with van der Waals surface area (Å²) in [6.45, 7) is 3.99. The predicted molar refractivity (Wildman–Crippen MR) is 127 cm³/mol. The molecule has 0 spiro atoms. The quantitative estimate of drug-likeness (QED) is 0.233. The lowest BCUT2D eigenvalue weighted by Crippen LogP contribution is -2.37. The monoisotopic (exact) mass is 508 g/mol. The Balaban J connectivity index is 0.00000420. The van der Waals surface area contributed by atoms with Crippen LogP contribution in [0.5, 0.6) is 11.5 Å². The van der Waals surface area contributed by atoms with E-state index in [1.807, 2.05) is 37.3 Å². The molecule has 0 bridgehead atoms. The summed E-state index contributed by atoms with van der Waals surface area (Å²) in [7, 11) is 3.40. The standard InChI is InChI=1S/C22H28N4O2.HI/c1-4-28-21-14-17(10-11-20(21)27-3)9-6-12-25-22(24-2)26-16-19-8-5-7-18(13-19)15-23;/h5,7-8,10-11,13-14H,4,6,9,12,16H2,1-3H3,(H2,24,25,26);1H. The number of benzene rings is 2. The molecular weight excluding hydrogens is 479 g/mol. The fourth-order valence-corrected chi connectivity index (χ4v) is 2.80. The van der Waals surface area contributed by atoms with Gasteiger partial charge in [0.2, 0.25) is 0 Å². The maximum atomic E-state index is 8.98. The molecule has 2 N–H and O–H groups in total. The Morgan fingerprint density at radius 2 is 1.93 bits per heavy atom. The summed E-state index contributed by atoms with van der Waals surface area (Å²) in [6.07, 6.45) is 1.89. The number of methoxy groups -OCH3 is 1. The van der Waals surface area contributed by atoms with E-state index in [4.69, 9.17) is 14.7 Å². The van der Waals surface area contributed by atoms with Gasteiger partial charge in [0.05, 0.1) is 25.3 Å². The zero-order valence-corrected chi connectivity index (χ0v) is 19.5. The molecule has 0 unspecified atom stereocenters. The number of guanidine groups is 1.